The van der Waals surface area contributed by atoms with Crippen LogP contribution in [0.25, 0.3) is 16.0 Å². The summed E-state index contributed by atoms with van der Waals surface area (Å²) >= 11 is 1.50. The van der Waals surface area contributed by atoms with Crippen LogP contribution in [0.4, 0.5) is 0 Å². The van der Waals surface area contributed by atoms with Gasteiger partial charge < -0.3 is 10.2 Å². The number of carboxylic acid groups (broad SMARTS) is 1. The van der Waals surface area contributed by atoms with Crippen molar-refractivity contribution in [1.29, 1.82) is 0 Å². The number of hydrogen-bond donors (Lipinski definition) is 2. The fourth-order valence-electron chi connectivity index (χ4n) is 3.33. The molecule has 1 heterocycles. The van der Waals surface area contributed by atoms with Crippen molar-refractivity contribution in [3.63, 3.8) is 0 Å². The molecule has 1 aliphatic heterocycles. The quantitative estimate of drug-likeness (QED) is 0.659. The summed E-state index contributed by atoms with van der Waals surface area (Å²) in [6.45, 7) is 8.24. The number of phenols is 1. The summed E-state index contributed by atoms with van der Waals surface area (Å²) in [5, 5.41) is 20.5. The Hall–Kier alpha value is -2.20. The zero-order valence-electron chi connectivity index (χ0n) is 14.6. The summed E-state index contributed by atoms with van der Waals surface area (Å²) in [6.07, 6.45) is 3.68. The van der Waals surface area contributed by atoms with E-state index >= 15 is 0 Å². The topological polar surface area (TPSA) is 57.5 Å². The molecule has 4 heteroatoms. The van der Waals surface area contributed by atoms with Gasteiger partial charge in [-0.25, -0.2) is 4.79 Å². The van der Waals surface area contributed by atoms with Gasteiger partial charge in [-0.2, -0.15) is 0 Å². The Morgan fingerprint density at radius 3 is 2.64 bits per heavy atom. The highest BCUT2D eigenvalue weighted by Gasteiger charge is 2.28. The smallest absolute Gasteiger partial charge is 0.339 e. The number of fused-ring (bicyclic) bond motifs is 3. The Bertz CT molecular complexity index is 868. The van der Waals surface area contributed by atoms with Crippen molar-refractivity contribution in [2.24, 2.45) is 0 Å². The number of thioether (sulfide) groups is 1. The van der Waals surface area contributed by atoms with E-state index in [0.717, 1.165) is 45.8 Å². The molecule has 3 nitrogen and oxygen atoms in total. The van der Waals surface area contributed by atoms with E-state index in [2.05, 4.69) is 13.5 Å². The van der Waals surface area contributed by atoms with Crippen LogP contribution in [0, 0.1) is 6.92 Å². The molecular weight excluding hydrogens is 332 g/mol. The van der Waals surface area contributed by atoms with Crippen molar-refractivity contribution in [1.82, 2.24) is 0 Å². The third-order valence-electron chi connectivity index (χ3n) is 4.59. The number of hydrogen-bond acceptors (Lipinski definition) is 3. The molecule has 2 aromatic carbocycles. The first kappa shape index (κ1) is 17.6. The Labute approximate surface area is 152 Å². The van der Waals surface area contributed by atoms with Crippen molar-refractivity contribution in [3.05, 3.63) is 53.1 Å². The molecule has 0 fully saturated rings. The van der Waals surface area contributed by atoms with Crippen LogP contribution in [-0.4, -0.2) is 16.2 Å². The number of aromatic hydroxyl groups is 1. The summed E-state index contributed by atoms with van der Waals surface area (Å²) in [7, 11) is 0. The number of carboxylic acids is 1. The molecule has 0 spiro atoms. The first-order valence-electron chi connectivity index (χ1n) is 8.54. The Kier molecular flexibility index (Phi) is 4.91. The molecule has 0 bridgehead atoms. The molecular formula is C21H22O3S. The molecule has 130 valence electrons. The summed E-state index contributed by atoms with van der Waals surface area (Å²) in [5.74, 6) is -1.20. The molecule has 0 aromatic heterocycles. The number of aromatic carboxylic acids is 1. The van der Waals surface area contributed by atoms with Crippen molar-refractivity contribution in [3.8, 4) is 16.9 Å². The van der Waals surface area contributed by atoms with Crippen LogP contribution >= 0.6 is 11.8 Å². The number of benzene rings is 2. The van der Waals surface area contributed by atoms with Crippen LogP contribution in [0.3, 0.4) is 0 Å². The SMILES string of the molecule is C=C1Sc2cc(CCCCC)c(C(=O)O)c(O)c2-c2cc(C)ccc21. The van der Waals surface area contributed by atoms with Gasteiger partial charge in [0.05, 0.1) is 0 Å². The summed E-state index contributed by atoms with van der Waals surface area (Å²) in [4.78, 5) is 13.6. The van der Waals surface area contributed by atoms with Gasteiger partial charge in [0.15, 0.2) is 0 Å². The van der Waals surface area contributed by atoms with Gasteiger partial charge in [-0.05, 0) is 42.5 Å². The normalized spacial score (nSPS) is 12.6. The third kappa shape index (κ3) is 3.19. The Morgan fingerprint density at radius 2 is 1.96 bits per heavy atom. The fourth-order valence-corrected chi connectivity index (χ4v) is 4.40. The minimum atomic E-state index is -1.07. The van der Waals surface area contributed by atoms with Gasteiger partial charge in [0.25, 0.3) is 0 Å². The molecule has 0 radical (unpaired) electrons. The van der Waals surface area contributed by atoms with E-state index < -0.39 is 5.97 Å². The molecule has 0 saturated carbocycles. The van der Waals surface area contributed by atoms with Gasteiger partial charge in [-0.1, -0.05) is 61.9 Å². The second-order valence-corrected chi connectivity index (χ2v) is 7.61. The zero-order valence-corrected chi connectivity index (χ0v) is 15.4. The molecule has 0 amide bonds. The minimum Gasteiger partial charge on any atom is -0.506 e. The molecule has 0 aliphatic carbocycles. The van der Waals surface area contributed by atoms with Gasteiger partial charge in [0, 0.05) is 15.4 Å². The molecule has 2 N–H and O–H groups in total. The number of carbonyl (C=O) groups is 1. The van der Waals surface area contributed by atoms with Gasteiger partial charge in [0.2, 0.25) is 0 Å². The standard InChI is InChI=1S/C21H22O3S/c1-4-5-6-7-14-11-17-19(20(22)18(14)21(23)24)16-10-12(2)8-9-15(16)13(3)25-17/h8-11,22H,3-7H2,1-2H3,(H,23,24). The van der Waals surface area contributed by atoms with E-state index in [-0.39, 0.29) is 11.3 Å². The highest BCUT2D eigenvalue weighted by atomic mass is 32.2. The van der Waals surface area contributed by atoms with E-state index in [4.69, 9.17) is 0 Å². The van der Waals surface area contributed by atoms with Crippen molar-refractivity contribution < 1.29 is 15.0 Å². The average molecular weight is 354 g/mol. The monoisotopic (exact) mass is 354 g/mol. The molecule has 3 rings (SSSR count). The minimum absolute atomic E-state index is 0.0374. The Morgan fingerprint density at radius 1 is 1.20 bits per heavy atom. The molecule has 0 unspecified atom stereocenters. The highest BCUT2D eigenvalue weighted by molar-refractivity contribution is 8.08. The van der Waals surface area contributed by atoms with Crippen LogP contribution in [0.2, 0.25) is 0 Å². The van der Waals surface area contributed by atoms with Crippen LogP contribution in [0.5, 0.6) is 5.75 Å². The second kappa shape index (κ2) is 6.96. The Balaban J connectivity index is 2.22. The predicted molar refractivity (Wildman–Crippen MR) is 103 cm³/mol. The number of unbranched alkanes of at least 4 members (excludes halogenated alkanes) is 2. The molecule has 0 saturated heterocycles. The average Bonchev–Trinajstić information content (AvgIpc) is 2.54. The largest absolute Gasteiger partial charge is 0.506 e. The maximum absolute atomic E-state index is 11.8. The van der Waals surface area contributed by atoms with E-state index in [0.29, 0.717) is 17.5 Å². The summed E-state index contributed by atoms with van der Waals surface area (Å²) < 4.78 is 0. The fraction of sp³-hybridized carbons (Fsp3) is 0.286. The van der Waals surface area contributed by atoms with Crippen LogP contribution in [-0.2, 0) is 6.42 Å². The maximum atomic E-state index is 11.8. The van der Waals surface area contributed by atoms with Gasteiger partial charge in [-0.15, -0.1) is 0 Å². The third-order valence-corrected chi connectivity index (χ3v) is 5.60. The maximum Gasteiger partial charge on any atom is 0.339 e. The predicted octanol–water partition coefficient (Wildman–Crippen LogP) is 5.87. The number of aryl methyl sites for hydroxylation is 2. The lowest BCUT2D eigenvalue weighted by atomic mass is 9.91. The van der Waals surface area contributed by atoms with E-state index in [1.807, 2.05) is 31.2 Å². The van der Waals surface area contributed by atoms with Gasteiger partial charge in [0.1, 0.15) is 11.3 Å². The molecule has 25 heavy (non-hydrogen) atoms. The van der Waals surface area contributed by atoms with Crippen molar-refractivity contribution in [2.45, 2.75) is 44.4 Å². The molecule has 0 atom stereocenters. The summed E-state index contributed by atoms with van der Waals surface area (Å²) in [5.41, 5.74) is 4.23. The van der Waals surface area contributed by atoms with E-state index in [9.17, 15) is 15.0 Å². The van der Waals surface area contributed by atoms with E-state index in [1.54, 1.807) is 0 Å². The first-order valence-corrected chi connectivity index (χ1v) is 9.36. The lowest BCUT2D eigenvalue weighted by Gasteiger charge is -2.24. The zero-order chi connectivity index (χ0) is 18.1. The highest BCUT2D eigenvalue weighted by Crippen LogP contribution is 2.52. The number of rotatable bonds is 5. The van der Waals surface area contributed by atoms with Crippen LogP contribution in [0.15, 0.2) is 35.7 Å². The molecule has 2 aromatic rings. The second-order valence-electron chi connectivity index (χ2n) is 6.47. The van der Waals surface area contributed by atoms with Crippen LogP contribution in [0.1, 0.15) is 53.2 Å². The molecule has 1 aliphatic rings. The van der Waals surface area contributed by atoms with Crippen LogP contribution < -0.4 is 0 Å². The van der Waals surface area contributed by atoms with E-state index in [1.165, 1.54) is 11.8 Å². The lowest BCUT2D eigenvalue weighted by molar-refractivity contribution is 0.0692. The van der Waals surface area contributed by atoms with Crippen molar-refractivity contribution in [2.75, 3.05) is 0 Å². The van der Waals surface area contributed by atoms with Gasteiger partial charge >= 0.3 is 5.97 Å². The first-order chi connectivity index (χ1) is 11.9. The van der Waals surface area contributed by atoms with Crippen molar-refractivity contribution >= 4 is 22.6 Å². The van der Waals surface area contributed by atoms with Gasteiger partial charge in [-0.3, -0.25) is 0 Å². The lowest BCUT2D eigenvalue weighted by Crippen LogP contribution is -2.07. The summed E-state index contributed by atoms with van der Waals surface area (Å²) in [6, 6.07) is 7.90.